The van der Waals surface area contributed by atoms with Gasteiger partial charge in [-0.25, -0.2) is 8.42 Å². The van der Waals surface area contributed by atoms with Crippen molar-refractivity contribution in [2.24, 2.45) is 5.92 Å². The molecule has 1 N–H and O–H groups in total. The second kappa shape index (κ2) is 8.64. The Morgan fingerprint density at radius 2 is 1.74 bits per heavy atom. The van der Waals surface area contributed by atoms with E-state index >= 15 is 0 Å². The summed E-state index contributed by atoms with van der Waals surface area (Å²) < 4.78 is 27.9. The molecular formula is C22H25N3O4S2. The minimum Gasteiger partial charge on any atom is -0.369 e. The van der Waals surface area contributed by atoms with Crippen molar-refractivity contribution >= 4 is 44.9 Å². The van der Waals surface area contributed by atoms with Gasteiger partial charge in [0.15, 0.2) is 5.78 Å². The minimum atomic E-state index is -3.66. The number of nitrogens with zero attached hydrogens (tertiary/aromatic N) is 2. The van der Waals surface area contributed by atoms with Crippen molar-refractivity contribution in [1.29, 1.82) is 0 Å². The number of benzene rings is 2. The van der Waals surface area contributed by atoms with Crippen LogP contribution in [0.3, 0.4) is 0 Å². The number of hydrogen-bond donors (Lipinski definition) is 1. The fraction of sp³-hybridized carbons (Fsp3) is 0.364. The number of amides is 1. The maximum Gasteiger partial charge on any atom is 0.243 e. The van der Waals surface area contributed by atoms with E-state index < -0.39 is 10.0 Å². The molecule has 1 saturated heterocycles. The fourth-order valence-electron chi connectivity index (χ4n) is 3.68. The Labute approximate surface area is 186 Å². The van der Waals surface area contributed by atoms with E-state index in [9.17, 15) is 18.0 Å². The van der Waals surface area contributed by atoms with Gasteiger partial charge in [0, 0.05) is 54.0 Å². The summed E-state index contributed by atoms with van der Waals surface area (Å²) in [5.41, 5.74) is 2.19. The number of thioether (sulfide) groups is 1. The summed E-state index contributed by atoms with van der Waals surface area (Å²) in [4.78, 5) is 26.8. The number of Topliss-reactive ketones (excluding diaryl/α,β-unsaturated/α-hetero) is 1. The Balaban J connectivity index is 1.47. The van der Waals surface area contributed by atoms with Gasteiger partial charge in [-0.1, -0.05) is 6.92 Å². The normalized spacial score (nSPS) is 20.0. The molecule has 0 aliphatic carbocycles. The minimum absolute atomic E-state index is 0.0206. The first-order valence-electron chi connectivity index (χ1n) is 10.2. The van der Waals surface area contributed by atoms with Crippen molar-refractivity contribution in [2.75, 3.05) is 42.1 Å². The number of nitrogens with one attached hydrogen (secondary N) is 1. The van der Waals surface area contributed by atoms with Crippen molar-refractivity contribution in [3.05, 3.63) is 48.0 Å². The number of carbonyl (C=O) groups excluding carboxylic acids is 2. The summed E-state index contributed by atoms with van der Waals surface area (Å²) >= 11 is 1.56. The molecule has 2 aliphatic rings. The van der Waals surface area contributed by atoms with Crippen molar-refractivity contribution in [3.63, 3.8) is 0 Å². The zero-order chi connectivity index (χ0) is 22.2. The van der Waals surface area contributed by atoms with Gasteiger partial charge in [-0.05, 0) is 49.4 Å². The van der Waals surface area contributed by atoms with Crippen LogP contribution < -0.4 is 10.2 Å². The second-order valence-corrected chi connectivity index (χ2v) is 10.9. The summed E-state index contributed by atoms with van der Waals surface area (Å²) in [6.07, 6.45) is 0. The average Bonchev–Trinajstić information content (AvgIpc) is 2.91. The highest BCUT2D eigenvalue weighted by molar-refractivity contribution is 7.99. The van der Waals surface area contributed by atoms with Crippen molar-refractivity contribution in [1.82, 2.24) is 4.31 Å². The van der Waals surface area contributed by atoms with E-state index in [2.05, 4.69) is 10.2 Å². The first kappa shape index (κ1) is 21.9. The quantitative estimate of drug-likeness (QED) is 0.707. The molecule has 164 valence electrons. The molecule has 2 aliphatic heterocycles. The van der Waals surface area contributed by atoms with E-state index in [1.807, 2.05) is 19.1 Å². The molecular weight excluding hydrogens is 434 g/mol. The van der Waals surface area contributed by atoms with E-state index in [-0.39, 0.29) is 22.5 Å². The van der Waals surface area contributed by atoms with Crippen LogP contribution in [0.4, 0.5) is 11.4 Å². The molecule has 7 nitrogen and oxygen atoms in total. The molecule has 0 unspecified atom stereocenters. The van der Waals surface area contributed by atoms with Gasteiger partial charge in [0.05, 0.1) is 10.6 Å². The summed E-state index contributed by atoms with van der Waals surface area (Å²) in [6, 6.07) is 12.4. The van der Waals surface area contributed by atoms with Crippen LogP contribution in [0.2, 0.25) is 0 Å². The van der Waals surface area contributed by atoms with Gasteiger partial charge < -0.3 is 10.2 Å². The monoisotopic (exact) mass is 459 g/mol. The number of fused-ring (bicyclic) bond motifs is 1. The number of anilines is 2. The van der Waals surface area contributed by atoms with Gasteiger partial charge in [0.25, 0.3) is 0 Å². The van der Waals surface area contributed by atoms with Crippen molar-refractivity contribution < 1.29 is 18.0 Å². The van der Waals surface area contributed by atoms with Crippen LogP contribution in [0.5, 0.6) is 0 Å². The number of sulfonamides is 1. The number of ketones is 1. The first-order valence-corrected chi connectivity index (χ1v) is 12.6. The van der Waals surface area contributed by atoms with E-state index in [1.165, 1.54) is 11.2 Å². The van der Waals surface area contributed by atoms with Crippen LogP contribution >= 0.6 is 11.8 Å². The molecule has 9 heteroatoms. The van der Waals surface area contributed by atoms with Gasteiger partial charge in [0.1, 0.15) is 0 Å². The largest absolute Gasteiger partial charge is 0.369 e. The molecule has 31 heavy (non-hydrogen) atoms. The molecule has 0 spiro atoms. The zero-order valence-electron chi connectivity index (χ0n) is 17.5. The Bertz CT molecular complexity index is 1110. The van der Waals surface area contributed by atoms with Crippen LogP contribution in [-0.2, 0) is 14.8 Å². The molecule has 1 amide bonds. The molecule has 1 fully saturated rings. The van der Waals surface area contributed by atoms with Crippen LogP contribution in [-0.4, -0.2) is 56.3 Å². The Kier molecular flexibility index (Phi) is 6.09. The molecule has 0 saturated carbocycles. The maximum atomic E-state index is 13.2. The maximum absolute atomic E-state index is 13.2. The van der Waals surface area contributed by atoms with Crippen LogP contribution in [0, 0.1) is 5.92 Å². The lowest BCUT2D eigenvalue weighted by Crippen LogP contribution is -2.48. The van der Waals surface area contributed by atoms with Crippen LogP contribution in [0.25, 0.3) is 0 Å². The SMILES string of the molecule is CC(=O)c1ccc(N2CCN(S(=O)(=O)c3ccc4c(c3)NC(=O)[C@@H](C)CS4)CC2)cc1. The lowest BCUT2D eigenvalue weighted by Gasteiger charge is -2.35. The third-order valence-corrected chi connectivity index (χ3v) is 8.89. The second-order valence-electron chi connectivity index (χ2n) is 7.85. The van der Waals surface area contributed by atoms with Crippen molar-refractivity contribution in [3.8, 4) is 0 Å². The predicted octanol–water partition coefficient (Wildman–Crippen LogP) is 3.08. The lowest BCUT2D eigenvalue weighted by atomic mass is 10.1. The average molecular weight is 460 g/mol. The van der Waals surface area contributed by atoms with E-state index in [4.69, 9.17) is 0 Å². The molecule has 0 aromatic heterocycles. The Hall–Kier alpha value is -2.36. The summed E-state index contributed by atoms with van der Waals surface area (Å²) in [5, 5.41) is 2.85. The Morgan fingerprint density at radius 3 is 2.39 bits per heavy atom. The van der Waals surface area contributed by atoms with Crippen LogP contribution in [0.1, 0.15) is 24.2 Å². The molecule has 4 rings (SSSR count). The third kappa shape index (κ3) is 4.49. The molecule has 1 atom stereocenters. The number of piperazine rings is 1. The highest BCUT2D eigenvalue weighted by Crippen LogP contribution is 2.35. The van der Waals surface area contributed by atoms with E-state index in [0.29, 0.717) is 43.2 Å². The smallest absolute Gasteiger partial charge is 0.243 e. The van der Waals surface area contributed by atoms with E-state index in [1.54, 1.807) is 42.1 Å². The zero-order valence-corrected chi connectivity index (χ0v) is 19.1. The molecule has 2 heterocycles. The predicted molar refractivity (Wildman–Crippen MR) is 122 cm³/mol. The fourth-order valence-corrected chi connectivity index (χ4v) is 6.14. The highest BCUT2D eigenvalue weighted by Gasteiger charge is 2.30. The standard InChI is InChI=1S/C22H25N3O4S2/c1-15-14-30-21-8-7-19(13-20(21)23-22(15)27)31(28,29)25-11-9-24(10-12-25)18-5-3-17(4-6-18)16(2)26/h3-8,13,15H,9-12,14H2,1-2H3,(H,23,27)/t15-/m0/s1. The first-order chi connectivity index (χ1) is 14.8. The van der Waals surface area contributed by atoms with Gasteiger partial charge >= 0.3 is 0 Å². The Morgan fingerprint density at radius 1 is 1.06 bits per heavy atom. The molecule has 2 aromatic carbocycles. The summed E-state index contributed by atoms with van der Waals surface area (Å²) in [6.45, 7) is 5.25. The molecule has 0 radical (unpaired) electrons. The van der Waals surface area contributed by atoms with Crippen LogP contribution in [0.15, 0.2) is 52.3 Å². The number of rotatable bonds is 4. The molecule has 0 bridgehead atoms. The summed E-state index contributed by atoms with van der Waals surface area (Å²) in [5.74, 6) is 0.466. The van der Waals surface area contributed by atoms with E-state index in [0.717, 1.165) is 10.6 Å². The lowest BCUT2D eigenvalue weighted by molar-refractivity contribution is -0.118. The van der Waals surface area contributed by atoms with Gasteiger partial charge in [-0.15, -0.1) is 11.8 Å². The van der Waals surface area contributed by atoms with Crippen molar-refractivity contribution in [2.45, 2.75) is 23.6 Å². The highest BCUT2D eigenvalue weighted by atomic mass is 32.2. The summed E-state index contributed by atoms with van der Waals surface area (Å²) in [7, 11) is -3.66. The van der Waals surface area contributed by atoms with Gasteiger partial charge in [0.2, 0.25) is 15.9 Å². The van der Waals surface area contributed by atoms with Gasteiger partial charge in [-0.3, -0.25) is 9.59 Å². The topological polar surface area (TPSA) is 86.8 Å². The number of carbonyl (C=O) groups is 2. The number of hydrogen-bond acceptors (Lipinski definition) is 6. The van der Waals surface area contributed by atoms with Gasteiger partial charge in [-0.2, -0.15) is 4.31 Å². The third-order valence-electron chi connectivity index (χ3n) is 5.66. The molecule has 2 aromatic rings.